The molecule has 5 nitrogen and oxygen atoms in total. The molecule has 0 spiro atoms. The number of rotatable bonds is 7. The number of carbonyl (C=O) groups is 1. The normalized spacial score (nSPS) is 10.6. The molecule has 138 valence electrons. The van der Waals surface area contributed by atoms with E-state index in [2.05, 4.69) is 22.1 Å². The quantitative estimate of drug-likeness (QED) is 0.489. The van der Waals surface area contributed by atoms with E-state index in [1.54, 1.807) is 28.8 Å². The number of aromatic nitrogens is 3. The fourth-order valence-electron chi connectivity index (χ4n) is 2.50. The molecule has 3 rings (SSSR count). The number of thioether (sulfide) groups is 1. The molecule has 0 aliphatic carbocycles. The molecule has 1 N–H and O–H groups in total. The first kappa shape index (κ1) is 18.8. The predicted octanol–water partition coefficient (Wildman–Crippen LogP) is 4.31. The molecular formula is C20H19FN4OS. The zero-order valence-corrected chi connectivity index (χ0v) is 15.7. The molecule has 1 aromatic heterocycles. The van der Waals surface area contributed by atoms with E-state index in [1.165, 1.54) is 17.8 Å². The first-order chi connectivity index (χ1) is 13.1. The number of hydrogen-bond donors (Lipinski definition) is 1. The van der Waals surface area contributed by atoms with Crippen LogP contribution in [0.5, 0.6) is 0 Å². The summed E-state index contributed by atoms with van der Waals surface area (Å²) in [4.78, 5) is 12.2. The van der Waals surface area contributed by atoms with Gasteiger partial charge >= 0.3 is 0 Å². The number of nitrogens with one attached hydrogen (secondary N) is 1. The van der Waals surface area contributed by atoms with E-state index in [1.807, 2.05) is 31.2 Å². The van der Waals surface area contributed by atoms with Crippen molar-refractivity contribution in [3.8, 4) is 11.4 Å². The molecule has 27 heavy (non-hydrogen) atoms. The van der Waals surface area contributed by atoms with E-state index in [4.69, 9.17) is 0 Å². The summed E-state index contributed by atoms with van der Waals surface area (Å²) < 4.78 is 15.9. The van der Waals surface area contributed by atoms with Gasteiger partial charge in [0.05, 0.1) is 11.3 Å². The van der Waals surface area contributed by atoms with Gasteiger partial charge in [0.15, 0.2) is 11.0 Å². The average molecular weight is 382 g/mol. The van der Waals surface area contributed by atoms with Crippen LogP contribution in [0.4, 0.5) is 10.1 Å². The van der Waals surface area contributed by atoms with Crippen LogP contribution >= 0.6 is 11.8 Å². The summed E-state index contributed by atoms with van der Waals surface area (Å²) in [5.41, 5.74) is 2.23. The average Bonchev–Trinajstić information content (AvgIpc) is 3.05. The van der Waals surface area contributed by atoms with Crippen LogP contribution in [-0.4, -0.2) is 26.4 Å². The molecule has 0 fully saturated rings. The van der Waals surface area contributed by atoms with Crippen molar-refractivity contribution in [1.82, 2.24) is 14.8 Å². The van der Waals surface area contributed by atoms with Gasteiger partial charge in [-0.05, 0) is 31.2 Å². The van der Waals surface area contributed by atoms with E-state index in [9.17, 15) is 9.18 Å². The predicted molar refractivity (Wildman–Crippen MR) is 106 cm³/mol. The maximum absolute atomic E-state index is 14.1. The summed E-state index contributed by atoms with van der Waals surface area (Å²) in [5.74, 6) is 0.0585. The monoisotopic (exact) mass is 382 g/mol. The standard InChI is InChI=1S/C20H19FN4OS/c1-3-12-25-19(16-6-4-5-7-17(16)21)23-24-20(25)27-13-18(26)22-15-10-8-14(2)9-11-15/h3-11H,1,12-13H2,2H3,(H,22,26). The molecule has 0 bridgehead atoms. The summed E-state index contributed by atoms with van der Waals surface area (Å²) in [7, 11) is 0. The molecule has 0 unspecified atom stereocenters. The first-order valence-corrected chi connectivity index (χ1v) is 9.35. The van der Waals surface area contributed by atoms with Gasteiger partial charge in [0.2, 0.25) is 5.91 Å². The van der Waals surface area contributed by atoms with Crippen molar-refractivity contribution >= 4 is 23.4 Å². The van der Waals surface area contributed by atoms with Crippen LogP contribution in [0, 0.1) is 12.7 Å². The highest BCUT2D eigenvalue weighted by atomic mass is 32.2. The number of benzene rings is 2. The SMILES string of the molecule is C=CCn1c(SCC(=O)Nc2ccc(C)cc2)nnc1-c1ccccc1F. The molecule has 0 aliphatic heterocycles. The number of halogens is 1. The Kier molecular flexibility index (Phi) is 6.03. The number of carbonyl (C=O) groups excluding carboxylic acids is 1. The number of hydrogen-bond acceptors (Lipinski definition) is 4. The Bertz CT molecular complexity index is 953. The van der Waals surface area contributed by atoms with Gasteiger partial charge in [-0.1, -0.05) is 47.7 Å². The van der Waals surface area contributed by atoms with Crippen molar-refractivity contribution in [3.63, 3.8) is 0 Å². The van der Waals surface area contributed by atoms with Gasteiger partial charge in [-0.2, -0.15) is 0 Å². The van der Waals surface area contributed by atoms with Crippen LogP contribution in [0.3, 0.4) is 0 Å². The fourth-order valence-corrected chi connectivity index (χ4v) is 3.24. The van der Waals surface area contributed by atoms with E-state index in [0.717, 1.165) is 11.3 Å². The molecule has 0 radical (unpaired) electrons. The topological polar surface area (TPSA) is 59.8 Å². The lowest BCUT2D eigenvalue weighted by molar-refractivity contribution is -0.113. The number of allylic oxidation sites excluding steroid dienone is 1. The van der Waals surface area contributed by atoms with Gasteiger partial charge in [-0.15, -0.1) is 16.8 Å². The fraction of sp³-hybridized carbons (Fsp3) is 0.150. The minimum Gasteiger partial charge on any atom is -0.325 e. The largest absolute Gasteiger partial charge is 0.325 e. The molecule has 0 saturated heterocycles. The van der Waals surface area contributed by atoms with Crippen LogP contribution in [0.2, 0.25) is 0 Å². The zero-order chi connectivity index (χ0) is 19.2. The van der Waals surface area contributed by atoms with Crippen LogP contribution in [0.25, 0.3) is 11.4 Å². The molecule has 7 heteroatoms. The second kappa shape index (κ2) is 8.64. The van der Waals surface area contributed by atoms with Gasteiger partial charge < -0.3 is 5.32 Å². The van der Waals surface area contributed by atoms with E-state index < -0.39 is 0 Å². The van der Waals surface area contributed by atoms with Crippen molar-refractivity contribution in [1.29, 1.82) is 0 Å². The molecule has 1 heterocycles. The number of nitrogens with zero attached hydrogens (tertiary/aromatic N) is 3. The first-order valence-electron chi connectivity index (χ1n) is 8.37. The van der Waals surface area contributed by atoms with Gasteiger partial charge in [0.1, 0.15) is 5.82 Å². The Morgan fingerprint density at radius 3 is 2.67 bits per heavy atom. The van der Waals surface area contributed by atoms with Crippen LogP contribution in [0.15, 0.2) is 66.3 Å². The molecular weight excluding hydrogens is 363 g/mol. The molecule has 1 amide bonds. The Labute approximate surface area is 161 Å². The van der Waals surface area contributed by atoms with Crippen LogP contribution in [0.1, 0.15) is 5.56 Å². The van der Waals surface area contributed by atoms with Gasteiger partial charge in [-0.25, -0.2) is 4.39 Å². The highest BCUT2D eigenvalue weighted by molar-refractivity contribution is 7.99. The van der Waals surface area contributed by atoms with Gasteiger partial charge in [0.25, 0.3) is 0 Å². The summed E-state index contributed by atoms with van der Waals surface area (Å²) in [5, 5.41) is 11.6. The number of amides is 1. The van der Waals surface area contributed by atoms with Crippen molar-refractivity contribution in [3.05, 3.63) is 72.6 Å². The zero-order valence-electron chi connectivity index (χ0n) is 14.9. The van der Waals surface area contributed by atoms with Crippen molar-refractivity contribution < 1.29 is 9.18 Å². The Hall–Kier alpha value is -2.93. The highest BCUT2D eigenvalue weighted by Crippen LogP contribution is 2.26. The number of anilines is 1. The third kappa shape index (κ3) is 4.62. The second-order valence-electron chi connectivity index (χ2n) is 5.89. The van der Waals surface area contributed by atoms with E-state index in [-0.39, 0.29) is 17.5 Å². The van der Waals surface area contributed by atoms with Gasteiger partial charge in [-0.3, -0.25) is 9.36 Å². The summed E-state index contributed by atoms with van der Waals surface area (Å²) in [6.45, 7) is 6.14. The second-order valence-corrected chi connectivity index (χ2v) is 6.83. The lowest BCUT2D eigenvalue weighted by Gasteiger charge is -2.09. The van der Waals surface area contributed by atoms with Crippen LogP contribution < -0.4 is 5.32 Å². The minimum atomic E-state index is -0.371. The third-order valence-corrected chi connectivity index (χ3v) is 4.78. The minimum absolute atomic E-state index is 0.149. The van der Waals surface area contributed by atoms with Crippen LogP contribution in [-0.2, 0) is 11.3 Å². The molecule has 3 aromatic rings. The smallest absolute Gasteiger partial charge is 0.234 e. The van der Waals surface area contributed by atoms with Crippen molar-refractivity contribution in [2.24, 2.45) is 0 Å². The van der Waals surface area contributed by atoms with E-state index in [0.29, 0.717) is 23.1 Å². The van der Waals surface area contributed by atoms with Crippen molar-refractivity contribution in [2.75, 3.05) is 11.1 Å². The summed E-state index contributed by atoms with van der Waals surface area (Å²) in [6, 6.07) is 14.0. The molecule has 0 saturated carbocycles. The Morgan fingerprint density at radius 1 is 1.22 bits per heavy atom. The third-order valence-electron chi connectivity index (χ3n) is 3.81. The maximum Gasteiger partial charge on any atom is 0.234 e. The van der Waals surface area contributed by atoms with Gasteiger partial charge in [0, 0.05) is 12.2 Å². The number of aryl methyl sites for hydroxylation is 1. The molecule has 0 atom stereocenters. The molecule has 0 aliphatic rings. The summed E-state index contributed by atoms with van der Waals surface area (Å²) >= 11 is 1.25. The Balaban J connectivity index is 1.73. The lowest BCUT2D eigenvalue weighted by atomic mass is 10.2. The molecule has 2 aromatic carbocycles. The van der Waals surface area contributed by atoms with E-state index >= 15 is 0 Å². The maximum atomic E-state index is 14.1. The Morgan fingerprint density at radius 2 is 1.96 bits per heavy atom. The highest BCUT2D eigenvalue weighted by Gasteiger charge is 2.17. The summed E-state index contributed by atoms with van der Waals surface area (Å²) in [6.07, 6.45) is 1.68. The lowest BCUT2D eigenvalue weighted by Crippen LogP contribution is -2.14. The van der Waals surface area contributed by atoms with Crippen molar-refractivity contribution in [2.45, 2.75) is 18.6 Å².